The van der Waals surface area contributed by atoms with Crippen molar-refractivity contribution in [3.63, 3.8) is 0 Å². The predicted octanol–water partition coefficient (Wildman–Crippen LogP) is 2.96. The fourth-order valence-corrected chi connectivity index (χ4v) is 2.05. The van der Waals surface area contributed by atoms with Crippen LogP contribution in [0, 0.1) is 5.82 Å². The van der Waals surface area contributed by atoms with E-state index in [0.717, 1.165) is 11.3 Å². The van der Waals surface area contributed by atoms with Crippen LogP contribution in [0.3, 0.4) is 0 Å². The summed E-state index contributed by atoms with van der Waals surface area (Å²) in [5.41, 5.74) is 7.96. The molecule has 1 unspecified atom stereocenters. The molecule has 0 saturated heterocycles. The third-order valence-corrected chi connectivity index (χ3v) is 3.11. The van der Waals surface area contributed by atoms with Gasteiger partial charge in [-0.1, -0.05) is 30.3 Å². The van der Waals surface area contributed by atoms with E-state index in [2.05, 4.69) is 4.90 Å². The van der Waals surface area contributed by atoms with Gasteiger partial charge in [-0.3, -0.25) is 0 Å². The Balaban J connectivity index is 2.26. The molecule has 3 heteroatoms. The Hall–Kier alpha value is -1.87. The summed E-state index contributed by atoms with van der Waals surface area (Å²) >= 11 is 0. The molecule has 18 heavy (non-hydrogen) atoms. The highest BCUT2D eigenvalue weighted by Gasteiger charge is 2.15. The van der Waals surface area contributed by atoms with E-state index >= 15 is 0 Å². The van der Waals surface area contributed by atoms with Crippen molar-refractivity contribution < 1.29 is 4.39 Å². The minimum Gasteiger partial charge on any atom is -0.366 e. The van der Waals surface area contributed by atoms with Crippen LogP contribution in [-0.4, -0.2) is 13.6 Å². The molecule has 0 aliphatic rings. The quantitative estimate of drug-likeness (QED) is 0.896. The molecule has 0 radical (unpaired) electrons. The molecule has 0 heterocycles. The molecule has 0 amide bonds. The molecule has 2 aromatic rings. The summed E-state index contributed by atoms with van der Waals surface area (Å²) in [6.07, 6.45) is 0. The first-order chi connectivity index (χ1) is 8.72. The Morgan fingerprint density at radius 3 is 2.22 bits per heavy atom. The van der Waals surface area contributed by atoms with Crippen LogP contribution in [0.5, 0.6) is 0 Å². The molecular weight excluding hydrogens is 227 g/mol. The predicted molar refractivity (Wildman–Crippen MR) is 73.0 cm³/mol. The molecule has 94 valence electrons. The fourth-order valence-electron chi connectivity index (χ4n) is 2.05. The normalized spacial score (nSPS) is 12.2. The second-order valence-electron chi connectivity index (χ2n) is 4.25. The number of nitrogens with two attached hydrogens (primary N) is 1. The van der Waals surface area contributed by atoms with Crippen molar-refractivity contribution in [2.24, 2.45) is 5.73 Å². The van der Waals surface area contributed by atoms with E-state index in [1.807, 2.05) is 37.4 Å². The zero-order chi connectivity index (χ0) is 13.0. The van der Waals surface area contributed by atoms with E-state index in [0.29, 0.717) is 6.54 Å². The van der Waals surface area contributed by atoms with Crippen LogP contribution in [0.2, 0.25) is 0 Å². The Labute approximate surface area is 107 Å². The van der Waals surface area contributed by atoms with Crippen LogP contribution in [0.4, 0.5) is 10.1 Å². The van der Waals surface area contributed by atoms with Gasteiger partial charge >= 0.3 is 0 Å². The van der Waals surface area contributed by atoms with E-state index in [-0.39, 0.29) is 11.9 Å². The minimum absolute atomic E-state index is 0.0491. The summed E-state index contributed by atoms with van der Waals surface area (Å²) in [5.74, 6) is -0.225. The number of hydrogen-bond acceptors (Lipinski definition) is 2. The van der Waals surface area contributed by atoms with Crippen LogP contribution in [-0.2, 0) is 0 Å². The van der Waals surface area contributed by atoms with Crippen molar-refractivity contribution in [2.75, 3.05) is 18.5 Å². The number of halogens is 1. The van der Waals surface area contributed by atoms with Crippen LogP contribution in [0.1, 0.15) is 11.6 Å². The average Bonchev–Trinajstić information content (AvgIpc) is 2.42. The Morgan fingerprint density at radius 2 is 1.67 bits per heavy atom. The molecule has 2 nitrogen and oxygen atoms in total. The summed E-state index contributed by atoms with van der Waals surface area (Å²) in [6.45, 7) is 0.483. The van der Waals surface area contributed by atoms with Gasteiger partial charge in [-0.2, -0.15) is 0 Å². The molecule has 0 aliphatic heterocycles. The van der Waals surface area contributed by atoms with Gasteiger partial charge in [0.15, 0.2) is 0 Å². The molecule has 2 rings (SSSR count). The summed E-state index contributed by atoms with van der Waals surface area (Å²) in [7, 11) is 2.00. The molecule has 1 atom stereocenters. The first-order valence-electron chi connectivity index (χ1n) is 5.96. The lowest BCUT2D eigenvalue weighted by molar-refractivity contribution is 0.622. The first kappa shape index (κ1) is 12.6. The van der Waals surface area contributed by atoms with Crippen molar-refractivity contribution >= 4 is 5.69 Å². The van der Waals surface area contributed by atoms with E-state index in [1.165, 1.54) is 12.1 Å². The third kappa shape index (κ3) is 2.68. The maximum absolute atomic E-state index is 12.9. The van der Waals surface area contributed by atoms with Gasteiger partial charge in [0, 0.05) is 19.3 Å². The fraction of sp³-hybridized carbons (Fsp3) is 0.200. The number of hydrogen-bond donors (Lipinski definition) is 1. The van der Waals surface area contributed by atoms with Crippen LogP contribution >= 0.6 is 0 Å². The van der Waals surface area contributed by atoms with Crippen molar-refractivity contribution in [1.29, 1.82) is 0 Å². The van der Waals surface area contributed by atoms with Gasteiger partial charge in [0.25, 0.3) is 0 Å². The lowest BCUT2D eigenvalue weighted by Crippen LogP contribution is -2.30. The molecule has 0 saturated carbocycles. The van der Waals surface area contributed by atoms with E-state index < -0.39 is 0 Å². The van der Waals surface area contributed by atoms with Gasteiger partial charge in [-0.25, -0.2) is 4.39 Å². The van der Waals surface area contributed by atoms with Crippen molar-refractivity contribution in [1.82, 2.24) is 0 Å². The van der Waals surface area contributed by atoms with Gasteiger partial charge in [0.05, 0.1) is 6.04 Å². The second kappa shape index (κ2) is 5.65. The number of anilines is 1. The lowest BCUT2D eigenvalue weighted by atomic mass is 10.1. The highest BCUT2D eigenvalue weighted by atomic mass is 19.1. The molecule has 0 spiro atoms. The Bertz CT molecular complexity index is 482. The molecule has 0 aromatic heterocycles. The first-order valence-corrected chi connectivity index (χ1v) is 5.96. The maximum atomic E-state index is 12.9. The highest BCUT2D eigenvalue weighted by Crippen LogP contribution is 2.24. The van der Waals surface area contributed by atoms with Gasteiger partial charge < -0.3 is 10.6 Å². The van der Waals surface area contributed by atoms with Crippen LogP contribution in [0.15, 0.2) is 54.6 Å². The Kier molecular flexibility index (Phi) is 3.95. The molecule has 0 aliphatic carbocycles. The minimum atomic E-state index is -0.225. The standard InChI is InChI=1S/C15H17FN2/c1-18(14-5-3-2-4-6-14)15(11-17)12-7-9-13(16)10-8-12/h2-10,15H,11,17H2,1H3. The van der Waals surface area contributed by atoms with Crippen LogP contribution < -0.4 is 10.6 Å². The summed E-state index contributed by atoms with van der Waals surface area (Å²) in [4.78, 5) is 2.10. The maximum Gasteiger partial charge on any atom is 0.123 e. The average molecular weight is 244 g/mol. The molecule has 0 bridgehead atoms. The second-order valence-corrected chi connectivity index (χ2v) is 4.25. The van der Waals surface area contributed by atoms with Crippen molar-refractivity contribution in [3.8, 4) is 0 Å². The number of likely N-dealkylation sites (N-methyl/N-ethyl adjacent to an activating group) is 1. The highest BCUT2D eigenvalue weighted by molar-refractivity contribution is 5.48. The van der Waals surface area contributed by atoms with Gasteiger partial charge in [-0.05, 0) is 29.8 Å². The SMILES string of the molecule is CN(c1ccccc1)C(CN)c1ccc(F)cc1. The summed E-state index contributed by atoms with van der Waals surface area (Å²) in [5, 5.41) is 0. The van der Waals surface area contributed by atoms with Gasteiger partial charge in [0.2, 0.25) is 0 Å². The van der Waals surface area contributed by atoms with Gasteiger partial charge in [-0.15, -0.1) is 0 Å². The number of rotatable bonds is 4. The van der Waals surface area contributed by atoms with Crippen LogP contribution in [0.25, 0.3) is 0 Å². The molecule has 2 aromatic carbocycles. The van der Waals surface area contributed by atoms with Gasteiger partial charge in [0.1, 0.15) is 5.82 Å². The van der Waals surface area contributed by atoms with E-state index in [4.69, 9.17) is 5.73 Å². The summed E-state index contributed by atoms with van der Waals surface area (Å²) < 4.78 is 12.9. The number of nitrogens with zero attached hydrogens (tertiary/aromatic N) is 1. The zero-order valence-electron chi connectivity index (χ0n) is 10.4. The monoisotopic (exact) mass is 244 g/mol. The molecular formula is C15H17FN2. The van der Waals surface area contributed by atoms with E-state index in [9.17, 15) is 4.39 Å². The van der Waals surface area contributed by atoms with Crippen molar-refractivity contribution in [3.05, 3.63) is 66.0 Å². The topological polar surface area (TPSA) is 29.3 Å². The number of benzene rings is 2. The zero-order valence-corrected chi connectivity index (χ0v) is 10.4. The van der Waals surface area contributed by atoms with E-state index in [1.54, 1.807) is 12.1 Å². The largest absolute Gasteiger partial charge is 0.366 e. The number of para-hydroxylation sites is 1. The lowest BCUT2D eigenvalue weighted by Gasteiger charge is -2.29. The molecule has 0 fully saturated rings. The summed E-state index contributed by atoms with van der Waals surface area (Å²) in [6, 6.07) is 16.6. The molecule has 2 N–H and O–H groups in total. The van der Waals surface area contributed by atoms with Crippen molar-refractivity contribution in [2.45, 2.75) is 6.04 Å². The smallest absolute Gasteiger partial charge is 0.123 e. The third-order valence-electron chi connectivity index (χ3n) is 3.11. The Morgan fingerprint density at radius 1 is 1.06 bits per heavy atom.